The molecule has 0 bridgehead atoms. The first-order valence-corrected chi connectivity index (χ1v) is 9.99. The summed E-state index contributed by atoms with van der Waals surface area (Å²) >= 11 is 0. The van der Waals surface area contributed by atoms with Crippen molar-refractivity contribution in [1.82, 2.24) is 0 Å². The van der Waals surface area contributed by atoms with Crippen molar-refractivity contribution in [3.63, 3.8) is 0 Å². The Morgan fingerprint density at radius 1 is 1.14 bits per heavy atom. The van der Waals surface area contributed by atoms with Crippen molar-refractivity contribution in [1.29, 1.82) is 0 Å². The standard InChI is InChI=1S/C24H25NO4/c1-3-27-22(26)16-28-25-23(21-13-17-9-7-8-12-20(17)29-21)18-14-24(2,15-18)19-10-5-4-6-11-19/h4-13,18H,3,14-16H2,1-2H3. The first-order chi connectivity index (χ1) is 14.1. The molecular weight excluding hydrogens is 366 g/mol. The van der Waals surface area contributed by atoms with Crippen LogP contribution >= 0.6 is 0 Å². The molecule has 1 aromatic heterocycles. The first-order valence-electron chi connectivity index (χ1n) is 9.99. The number of fused-ring (bicyclic) bond motifs is 1. The van der Waals surface area contributed by atoms with Gasteiger partial charge >= 0.3 is 5.97 Å². The predicted octanol–water partition coefficient (Wildman–Crippen LogP) is 5.08. The Labute approximate surface area is 170 Å². The van der Waals surface area contributed by atoms with Gasteiger partial charge in [0.1, 0.15) is 11.3 Å². The van der Waals surface area contributed by atoms with E-state index in [9.17, 15) is 4.79 Å². The minimum Gasteiger partial charge on any atom is -0.463 e. The van der Waals surface area contributed by atoms with Crippen LogP contribution in [-0.4, -0.2) is 24.9 Å². The quantitative estimate of drug-likeness (QED) is 0.320. The molecule has 2 aromatic carbocycles. The molecule has 1 saturated carbocycles. The van der Waals surface area contributed by atoms with Crippen molar-refractivity contribution in [3.8, 4) is 0 Å². The Kier molecular flexibility index (Phi) is 5.38. The van der Waals surface area contributed by atoms with Gasteiger partial charge in [-0.15, -0.1) is 0 Å². The van der Waals surface area contributed by atoms with Crippen LogP contribution < -0.4 is 0 Å². The number of rotatable bonds is 7. The summed E-state index contributed by atoms with van der Waals surface area (Å²) in [7, 11) is 0. The Morgan fingerprint density at radius 2 is 1.86 bits per heavy atom. The maximum absolute atomic E-state index is 11.6. The van der Waals surface area contributed by atoms with E-state index in [1.807, 2.05) is 36.4 Å². The van der Waals surface area contributed by atoms with Crippen LogP contribution in [-0.2, 0) is 19.8 Å². The molecule has 1 fully saturated rings. The Morgan fingerprint density at radius 3 is 2.59 bits per heavy atom. The van der Waals surface area contributed by atoms with Crippen LogP contribution in [0.25, 0.3) is 11.0 Å². The lowest BCUT2D eigenvalue weighted by Gasteiger charge is -2.45. The lowest BCUT2D eigenvalue weighted by Crippen LogP contribution is -2.42. The third-order valence-corrected chi connectivity index (χ3v) is 5.58. The topological polar surface area (TPSA) is 61.0 Å². The Balaban J connectivity index is 1.56. The van der Waals surface area contributed by atoms with E-state index in [-0.39, 0.29) is 17.9 Å². The summed E-state index contributed by atoms with van der Waals surface area (Å²) in [4.78, 5) is 16.9. The highest BCUT2D eigenvalue weighted by Gasteiger charge is 2.45. The summed E-state index contributed by atoms with van der Waals surface area (Å²) in [5.74, 6) is 0.459. The maximum atomic E-state index is 11.6. The van der Waals surface area contributed by atoms with E-state index in [4.69, 9.17) is 14.0 Å². The fourth-order valence-corrected chi connectivity index (χ4v) is 4.08. The third kappa shape index (κ3) is 4.04. The van der Waals surface area contributed by atoms with E-state index in [0.29, 0.717) is 12.4 Å². The molecule has 1 heterocycles. The largest absolute Gasteiger partial charge is 0.463 e. The van der Waals surface area contributed by atoms with Gasteiger partial charge in [-0.25, -0.2) is 4.79 Å². The number of ether oxygens (including phenoxy) is 1. The third-order valence-electron chi connectivity index (χ3n) is 5.58. The van der Waals surface area contributed by atoms with Crippen LogP contribution in [0.5, 0.6) is 0 Å². The van der Waals surface area contributed by atoms with Crippen molar-refractivity contribution in [2.24, 2.45) is 11.1 Å². The molecule has 0 atom stereocenters. The van der Waals surface area contributed by atoms with E-state index < -0.39 is 5.97 Å². The molecule has 0 saturated heterocycles. The summed E-state index contributed by atoms with van der Waals surface area (Å²) in [6, 6.07) is 20.4. The molecule has 5 nitrogen and oxygen atoms in total. The number of carbonyl (C=O) groups is 1. The van der Waals surface area contributed by atoms with Gasteiger partial charge in [-0.3, -0.25) is 0 Å². The second-order valence-electron chi connectivity index (χ2n) is 7.74. The Bertz CT molecular complexity index is 983. The summed E-state index contributed by atoms with van der Waals surface area (Å²) in [6.45, 7) is 4.15. The van der Waals surface area contributed by atoms with E-state index in [1.54, 1.807) is 6.92 Å². The van der Waals surface area contributed by atoms with Crippen LogP contribution in [0.3, 0.4) is 0 Å². The van der Waals surface area contributed by atoms with E-state index >= 15 is 0 Å². The van der Waals surface area contributed by atoms with E-state index in [0.717, 1.165) is 29.5 Å². The number of benzene rings is 2. The predicted molar refractivity (Wildman–Crippen MR) is 112 cm³/mol. The van der Waals surface area contributed by atoms with Gasteiger partial charge in [0.15, 0.2) is 5.76 Å². The minimum atomic E-state index is -0.428. The minimum absolute atomic E-state index is 0.0971. The monoisotopic (exact) mass is 391 g/mol. The molecule has 0 spiro atoms. The zero-order valence-electron chi connectivity index (χ0n) is 16.8. The molecular formula is C24H25NO4. The normalized spacial score (nSPS) is 21.6. The van der Waals surface area contributed by atoms with Crippen LogP contribution in [0.1, 0.15) is 38.0 Å². The lowest BCUT2D eigenvalue weighted by atomic mass is 9.58. The average Bonchev–Trinajstić information content (AvgIpc) is 3.14. The van der Waals surface area contributed by atoms with Gasteiger partial charge in [0.05, 0.1) is 6.61 Å². The van der Waals surface area contributed by atoms with E-state index in [1.165, 1.54) is 5.56 Å². The van der Waals surface area contributed by atoms with Crippen LogP contribution in [0.2, 0.25) is 0 Å². The molecule has 0 N–H and O–H groups in total. The number of hydrogen-bond acceptors (Lipinski definition) is 5. The zero-order valence-corrected chi connectivity index (χ0v) is 16.8. The molecule has 0 unspecified atom stereocenters. The average molecular weight is 391 g/mol. The molecule has 0 amide bonds. The summed E-state index contributed by atoms with van der Waals surface area (Å²) in [5, 5.41) is 5.33. The van der Waals surface area contributed by atoms with Crippen LogP contribution in [0.4, 0.5) is 0 Å². The van der Waals surface area contributed by atoms with Crippen LogP contribution in [0.15, 0.2) is 70.2 Å². The smallest absolute Gasteiger partial charge is 0.347 e. The second kappa shape index (κ2) is 8.11. The van der Waals surface area contributed by atoms with E-state index in [2.05, 4.69) is 36.3 Å². The maximum Gasteiger partial charge on any atom is 0.347 e. The number of esters is 1. The molecule has 29 heavy (non-hydrogen) atoms. The SMILES string of the molecule is CCOC(=O)CON=C(c1cc2ccccc2o1)C1CC(C)(c2ccccc2)C1. The van der Waals surface area contributed by atoms with Gasteiger partial charge in [0.2, 0.25) is 6.61 Å². The van der Waals surface area contributed by atoms with Crippen molar-refractivity contribution < 1.29 is 18.8 Å². The zero-order chi connectivity index (χ0) is 20.3. The van der Waals surface area contributed by atoms with Crippen molar-refractivity contribution in [3.05, 3.63) is 72.0 Å². The van der Waals surface area contributed by atoms with Gasteiger partial charge in [0, 0.05) is 11.3 Å². The van der Waals surface area contributed by atoms with Gasteiger partial charge in [-0.2, -0.15) is 0 Å². The highest BCUT2D eigenvalue weighted by Crippen LogP contribution is 2.49. The number of furan rings is 1. The molecule has 3 aromatic rings. The number of nitrogens with zero attached hydrogens (tertiary/aromatic N) is 1. The van der Waals surface area contributed by atoms with Gasteiger partial charge in [-0.05, 0) is 42.9 Å². The van der Waals surface area contributed by atoms with Gasteiger partial charge < -0.3 is 14.0 Å². The van der Waals surface area contributed by atoms with Crippen molar-refractivity contribution in [2.45, 2.75) is 32.1 Å². The molecule has 150 valence electrons. The highest BCUT2D eigenvalue weighted by atomic mass is 16.7. The van der Waals surface area contributed by atoms with Gasteiger partial charge in [-0.1, -0.05) is 60.6 Å². The summed E-state index contributed by atoms with van der Waals surface area (Å²) in [5.41, 5.74) is 2.98. The Hall–Kier alpha value is -3.08. The number of carbonyl (C=O) groups excluding carboxylic acids is 1. The summed E-state index contributed by atoms with van der Waals surface area (Å²) < 4.78 is 11.0. The fraction of sp³-hybridized carbons (Fsp3) is 0.333. The first kappa shape index (κ1) is 19.2. The second-order valence-corrected chi connectivity index (χ2v) is 7.74. The number of hydrogen-bond donors (Lipinski definition) is 0. The fourth-order valence-electron chi connectivity index (χ4n) is 4.08. The number of para-hydroxylation sites is 1. The molecule has 5 heteroatoms. The molecule has 0 aliphatic heterocycles. The lowest BCUT2D eigenvalue weighted by molar-refractivity contribution is -0.148. The van der Waals surface area contributed by atoms with Crippen molar-refractivity contribution in [2.75, 3.05) is 13.2 Å². The summed E-state index contributed by atoms with van der Waals surface area (Å²) in [6.07, 6.45) is 1.88. The molecule has 4 rings (SSSR count). The van der Waals surface area contributed by atoms with Crippen molar-refractivity contribution >= 4 is 22.7 Å². The van der Waals surface area contributed by atoms with Crippen LogP contribution in [0, 0.1) is 5.92 Å². The molecule has 0 radical (unpaired) electrons. The number of oxime groups is 1. The molecule has 1 aliphatic rings. The molecule has 1 aliphatic carbocycles. The van der Waals surface area contributed by atoms with Gasteiger partial charge in [0.25, 0.3) is 0 Å². The highest BCUT2D eigenvalue weighted by molar-refractivity contribution is 6.03.